The molecule has 0 bridgehead atoms. The van der Waals surface area contributed by atoms with Crippen molar-refractivity contribution < 1.29 is 9.59 Å². The zero-order valence-electron chi connectivity index (χ0n) is 16.8. The fourth-order valence-electron chi connectivity index (χ4n) is 3.10. The van der Waals surface area contributed by atoms with Crippen molar-refractivity contribution in [1.29, 1.82) is 0 Å². The fourth-order valence-corrected chi connectivity index (χ4v) is 3.82. The minimum absolute atomic E-state index is 0.264. The summed E-state index contributed by atoms with van der Waals surface area (Å²) in [5.41, 5.74) is 3.39. The molecule has 0 aliphatic rings. The molecule has 4 aromatic rings. The van der Waals surface area contributed by atoms with Crippen LogP contribution in [0.4, 0.5) is 16.2 Å². The van der Waals surface area contributed by atoms with E-state index in [1.54, 1.807) is 42.2 Å². The molecule has 0 atom stereocenters. The van der Waals surface area contributed by atoms with Gasteiger partial charge in [0.1, 0.15) is 5.69 Å². The maximum atomic E-state index is 13.1. The minimum Gasteiger partial charge on any atom is -0.341 e. The number of benzene rings is 2. The first-order chi connectivity index (χ1) is 15.1. The number of nitrogens with one attached hydrogen (secondary N) is 3. The second-order valence-electron chi connectivity index (χ2n) is 6.79. The van der Waals surface area contributed by atoms with Gasteiger partial charge in [-0.1, -0.05) is 42.5 Å². The lowest BCUT2D eigenvalue weighted by Gasteiger charge is -2.08. The Morgan fingerprint density at radius 2 is 1.74 bits per heavy atom. The Kier molecular flexibility index (Phi) is 6.09. The Bertz CT molecular complexity index is 1190. The van der Waals surface area contributed by atoms with E-state index in [9.17, 15) is 9.59 Å². The summed E-state index contributed by atoms with van der Waals surface area (Å²) < 4.78 is 1.78. The van der Waals surface area contributed by atoms with E-state index in [2.05, 4.69) is 21.0 Å². The highest BCUT2D eigenvalue weighted by Crippen LogP contribution is 2.28. The van der Waals surface area contributed by atoms with E-state index < -0.39 is 0 Å². The summed E-state index contributed by atoms with van der Waals surface area (Å²) in [6, 6.07) is 20.5. The van der Waals surface area contributed by atoms with Crippen LogP contribution in [0.15, 0.2) is 78.3 Å². The van der Waals surface area contributed by atoms with Gasteiger partial charge < -0.3 is 16.0 Å². The lowest BCUT2D eigenvalue weighted by atomic mass is 10.2. The Balaban J connectivity index is 1.60. The molecular formula is C23H21N5O2S. The molecule has 31 heavy (non-hydrogen) atoms. The van der Waals surface area contributed by atoms with Crippen molar-refractivity contribution in [2.45, 2.75) is 6.54 Å². The van der Waals surface area contributed by atoms with Gasteiger partial charge in [-0.3, -0.25) is 9.48 Å². The van der Waals surface area contributed by atoms with E-state index >= 15 is 0 Å². The van der Waals surface area contributed by atoms with Crippen LogP contribution >= 0.6 is 11.3 Å². The number of rotatable bonds is 6. The number of nitrogens with zero attached hydrogens (tertiary/aromatic N) is 2. The molecular weight excluding hydrogens is 410 g/mol. The van der Waals surface area contributed by atoms with E-state index in [1.165, 1.54) is 11.3 Å². The summed E-state index contributed by atoms with van der Waals surface area (Å²) in [6.07, 6.45) is 1.77. The van der Waals surface area contributed by atoms with E-state index in [1.807, 2.05) is 47.8 Å². The van der Waals surface area contributed by atoms with E-state index in [4.69, 9.17) is 0 Å². The first kappa shape index (κ1) is 20.4. The number of urea groups is 1. The van der Waals surface area contributed by atoms with E-state index in [0.717, 1.165) is 10.4 Å². The van der Waals surface area contributed by atoms with Crippen molar-refractivity contribution in [2.24, 2.45) is 0 Å². The molecule has 2 aromatic carbocycles. The molecule has 0 unspecified atom stereocenters. The van der Waals surface area contributed by atoms with Crippen LogP contribution < -0.4 is 16.0 Å². The summed E-state index contributed by atoms with van der Waals surface area (Å²) in [5, 5.41) is 14.7. The van der Waals surface area contributed by atoms with Gasteiger partial charge in [-0.2, -0.15) is 5.10 Å². The van der Waals surface area contributed by atoms with Crippen LogP contribution in [-0.2, 0) is 6.54 Å². The number of hydrogen-bond donors (Lipinski definition) is 3. The number of thiophene rings is 1. The summed E-state index contributed by atoms with van der Waals surface area (Å²) in [4.78, 5) is 25.6. The van der Waals surface area contributed by atoms with Gasteiger partial charge in [0.25, 0.3) is 5.91 Å². The average molecular weight is 432 g/mol. The number of amides is 3. The Hall–Kier alpha value is -3.91. The van der Waals surface area contributed by atoms with Crippen molar-refractivity contribution in [2.75, 3.05) is 17.7 Å². The topological polar surface area (TPSA) is 88.0 Å². The summed E-state index contributed by atoms with van der Waals surface area (Å²) >= 11 is 1.54. The van der Waals surface area contributed by atoms with Gasteiger partial charge >= 0.3 is 6.03 Å². The highest BCUT2D eigenvalue weighted by Gasteiger charge is 2.19. The monoisotopic (exact) mass is 431 g/mol. The predicted octanol–water partition coefficient (Wildman–Crippen LogP) is 4.66. The molecule has 3 amide bonds. The molecule has 2 aromatic heterocycles. The number of hydrogen-bond acceptors (Lipinski definition) is 4. The Morgan fingerprint density at radius 3 is 2.45 bits per heavy atom. The lowest BCUT2D eigenvalue weighted by Crippen LogP contribution is -2.24. The maximum absolute atomic E-state index is 13.1. The molecule has 2 heterocycles. The van der Waals surface area contributed by atoms with Gasteiger partial charge in [0.2, 0.25) is 0 Å². The third kappa shape index (κ3) is 4.99. The highest BCUT2D eigenvalue weighted by atomic mass is 32.1. The molecule has 4 rings (SSSR count). The van der Waals surface area contributed by atoms with Crippen LogP contribution in [0.5, 0.6) is 0 Å². The third-order valence-corrected chi connectivity index (χ3v) is 5.43. The van der Waals surface area contributed by atoms with Crippen molar-refractivity contribution in [3.63, 3.8) is 0 Å². The van der Waals surface area contributed by atoms with Gasteiger partial charge in [-0.25, -0.2) is 4.79 Å². The second-order valence-corrected chi connectivity index (χ2v) is 7.74. The smallest absolute Gasteiger partial charge is 0.318 e. The van der Waals surface area contributed by atoms with Crippen LogP contribution in [0.2, 0.25) is 0 Å². The van der Waals surface area contributed by atoms with Crippen molar-refractivity contribution in [3.05, 3.63) is 89.4 Å². The fraction of sp³-hybridized carbons (Fsp3) is 0.0870. The van der Waals surface area contributed by atoms with Gasteiger partial charge in [0.15, 0.2) is 0 Å². The Morgan fingerprint density at radius 1 is 0.968 bits per heavy atom. The quantitative estimate of drug-likeness (QED) is 0.415. The number of aromatic nitrogens is 2. The lowest BCUT2D eigenvalue weighted by molar-refractivity contribution is 0.102. The predicted molar refractivity (Wildman–Crippen MR) is 124 cm³/mol. The van der Waals surface area contributed by atoms with Crippen LogP contribution in [0.1, 0.15) is 15.9 Å². The molecule has 156 valence electrons. The standard InChI is InChI=1S/C23H21N5O2S/c1-24-23(30)26-18-10-5-9-17(13-18)25-22(29)19-15-28(14-16-7-3-2-4-8-16)27-21(19)20-11-6-12-31-20/h2-13,15H,14H2,1H3,(H,25,29)(H2,24,26,30). The Labute approximate surface area is 183 Å². The van der Waals surface area contributed by atoms with Gasteiger partial charge in [0, 0.05) is 24.6 Å². The molecule has 0 fully saturated rings. The molecule has 0 spiro atoms. The molecule has 8 heteroatoms. The minimum atomic E-state index is -0.328. The normalized spacial score (nSPS) is 10.5. The van der Waals surface area contributed by atoms with E-state index in [0.29, 0.717) is 29.2 Å². The average Bonchev–Trinajstić information content (AvgIpc) is 3.44. The van der Waals surface area contributed by atoms with Gasteiger partial charge in [-0.15, -0.1) is 11.3 Å². The largest absolute Gasteiger partial charge is 0.341 e. The van der Waals surface area contributed by atoms with Crippen molar-refractivity contribution >= 4 is 34.6 Å². The first-order valence-corrected chi connectivity index (χ1v) is 10.6. The molecule has 0 aliphatic carbocycles. The second kappa shape index (κ2) is 9.27. The SMILES string of the molecule is CNC(=O)Nc1cccc(NC(=O)c2cn(Cc3ccccc3)nc2-c2cccs2)c1. The van der Waals surface area contributed by atoms with Gasteiger partial charge in [0.05, 0.1) is 17.0 Å². The zero-order chi connectivity index (χ0) is 21.6. The van der Waals surface area contributed by atoms with Crippen molar-refractivity contribution in [1.82, 2.24) is 15.1 Å². The van der Waals surface area contributed by atoms with Gasteiger partial charge in [-0.05, 0) is 35.2 Å². The van der Waals surface area contributed by atoms with Crippen LogP contribution in [-0.4, -0.2) is 28.8 Å². The molecule has 3 N–H and O–H groups in total. The molecule has 7 nitrogen and oxygen atoms in total. The van der Waals surface area contributed by atoms with Crippen molar-refractivity contribution in [3.8, 4) is 10.6 Å². The molecule has 0 saturated heterocycles. The summed E-state index contributed by atoms with van der Waals surface area (Å²) in [5.74, 6) is -0.264. The first-order valence-electron chi connectivity index (χ1n) is 9.68. The van der Waals surface area contributed by atoms with Crippen LogP contribution in [0, 0.1) is 0 Å². The number of anilines is 2. The third-order valence-electron chi connectivity index (χ3n) is 4.55. The van der Waals surface area contributed by atoms with Crippen LogP contribution in [0.25, 0.3) is 10.6 Å². The summed E-state index contributed by atoms with van der Waals surface area (Å²) in [7, 11) is 1.54. The maximum Gasteiger partial charge on any atom is 0.318 e. The molecule has 0 radical (unpaired) electrons. The number of carbonyl (C=O) groups is 2. The zero-order valence-corrected chi connectivity index (χ0v) is 17.6. The highest BCUT2D eigenvalue weighted by molar-refractivity contribution is 7.13. The number of carbonyl (C=O) groups excluding carboxylic acids is 2. The molecule has 0 saturated carbocycles. The van der Waals surface area contributed by atoms with E-state index in [-0.39, 0.29) is 11.9 Å². The molecule has 0 aliphatic heterocycles. The van der Waals surface area contributed by atoms with Crippen LogP contribution in [0.3, 0.4) is 0 Å². The summed E-state index contributed by atoms with van der Waals surface area (Å²) in [6.45, 7) is 0.567.